The van der Waals surface area contributed by atoms with Crippen LogP contribution in [0.2, 0.25) is 5.02 Å². The van der Waals surface area contributed by atoms with Gasteiger partial charge >= 0.3 is 5.97 Å². The third-order valence-corrected chi connectivity index (χ3v) is 3.60. The van der Waals surface area contributed by atoms with Gasteiger partial charge in [-0.25, -0.2) is 4.79 Å². The number of methoxy groups -OCH3 is 1. The van der Waals surface area contributed by atoms with E-state index in [1.165, 1.54) is 13.2 Å². The highest BCUT2D eigenvalue weighted by atomic mass is 35.5. The fraction of sp³-hybridized carbons (Fsp3) is 0.250. The Hall–Kier alpha value is -2.27. The van der Waals surface area contributed by atoms with Crippen LogP contribution in [0.4, 0.5) is 5.69 Å². The van der Waals surface area contributed by atoms with Crippen LogP contribution in [0.25, 0.3) is 0 Å². The minimum absolute atomic E-state index is 0.203. The number of halogens is 1. The van der Waals surface area contributed by atoms with Crippen LogP contribution in [0, 0.1) is 13.8 Å². The Morgan fingerprint density at radius 1 is 1.27 bits per heavy atom. The Morgan fingerprint density at radius 2 is 2.00 bits per heavy atom. The number of rotatable bonds is 4. The van der Waals surface area contributed by atoms with Crippen molar-refractivity contribution in [1.82, 2.24) is 4.98 Å². The van der Waals surface area contributed by atoms with Crippen molar-refractivity contribution < 1.29 is 14.3 Å². The lowest BCUT2D eigenvalue weighted by Crippen LogP contribution is -2.15. The lowest BCUT2D eigenvalue weighted by Gasteiger charge is -2.09. The normalized spacial score (nSPS) is 10.4. The number of carbonyl (C=O) groups excluding carboxylic acids is 2. The SMILES string of the molecule is COC(=O)c1ccc(Cl)c(NC(=O)Cc2cc(C)[nH]c2C)c1. The number of anilines is 1. The number of amides is 1. The van der Waals surface area contributed by atoms with Crippen LogP contribution in [0.15, 0.2) is 24.3 Å². The maximum absolute atomic E-state index is 12.1. The number of benzene rings is 1. The first-order chi connectivity index (χ1) is 10.4. The zero-order chi connectivity index (χ0) is 16.3. The molecule has 5 nitrogen and oxygen atoms in total. The molecule has 22 heavy (non-hydrogen) atoms. The second-order valence-electron chi connectivity index (χ2n) is 5.01. The lowest BCUT2D eigenvalue weighted by atomic mass is 10.1. The Labute approximate surface area is 133 Å². The van der Waals surface area contributed by atoms with Gasteiger partial charge in [-0.1, -0.05) is 11.6 Å². The molecule has 116 valence electrons. The summed E-state index contributed by atoms with van der Waals surface area (Å²) in [4.78, 5) is 26.8. The van der Waals surface area contributed by atoms with E-state index in [1.54, 1.807) is 12.1 Å². The third kappa shape index (κ3) is 3.68. The number of nitrogens with one attached hydrogen (secondary N) is 2. The second-order valence-corrected chi connectivity index (χ2v) is 5.42. The fourth-order valence-corrected chi connectivity index (χ4v) is 2.36. The minimum atomic E-state index is -0.482. The molecule has 0 aliphatic heterocycles. The topological polar surface area (TPSA) is 71.2 Å². The van der Waals surface area contributed by atoms with Gasteiger partial charge in [0.1, 0.15) is 0 Å². The van der Waals surface area contributed by atoms with E-state index in [1.807, 2.05) is 19.9 Å². The Morgan fingerprint density at radius 3 is 2.59 bits per heavy atom. The van der Waals surface area contributed by atoms with Gasteiger partial charge in [0.05, 0.1) is 29.8 Å². The van der Waals surface area contributed by atoms with Crippen LogP contribution in [-0.4, -0.2) is 24.0 Å². The van der Waals surface area contributed by atoms with Crippen LogP contribution < -0.4 is 5.32 Å². The molecule has 1 heterocycles. The molecule has 1 aromatic heterocycles. The van der Waals surface area contributed by atoms with Gasteiger partial charge in [-0.15, -0.1) is 0 Å². The van der Waals surface area contributed by atoms with Crippen molar-refractivity contribution in [2.75, 3.05) is 12.4 Å². The number of aryl methyl sites for hydroxylation is 2. The molecular weight excluding hydrogens is 304 g/mol. The van der Waals surface area contributed by atoms with Crippen molar-refractivity contribution in [3.05, 3.63) is 51.8 Å². The number of hydrogen-bond donors (Lipinski definition) is 2. The maximum atomic E-state index is 12.1. The van der Waals surface area contributed by atoms with Crippen molar-refractivity contribution in [1.29, 1.82) is 0 Å². The van der Waals surface area contributed by atoms with Crippen LogP contribution in [0.1, 0.15) is 27.3 Å². The molecule has 1 amide bonds. The molecule has 0 unspecified atom stereocenters. The second kappa shape index (κ2) is 6.66. The molecule has 0 saturated heterocycles. The molecule has 0 bridgehead atoms. The van der Waals surface area contributed by atoms with E-state index in [4.69, 9.17) is 11.6 Å². The van der Waals surface area contributed by atoms with Crippen LogP contribution in [0.3, 0.4) is 0 Å². The molecule has 2 rings (SSSR count). The Balaban J connectivity index is 2.14. The Bertz CT molecular complexity index is 722. The maximum Gasteiger partial charge on any atom is 0.337 e. The van der Waals surface area contributed by atoms with E-state index >= 15 is 0 Å². The summed E-state index contributed by atoms with van der Waals surface area (Å²) in [5, 5.41) is 3.09. The number of H-pyrrole nitrogens is 1. The first-order valence-corrected chi connectivity index (χ1v) is 7.11. The zero-order valence-corrected chi connectivity index (χ0v) is 13.4. The van der Waals surface area contributed by atoms with Crippen LogP contribution in [0.5, 0.6) is 0 Å². The van der Waals surface area contributed by atoms with E-state index in [-0.39, 0.29) is 12.3 Å². The number of aromatic amines is 1. The molecule has 0 aliphatic carbocycles. The average molecular weight is 321 g/mol. The predicted molar refractivity (Wildman–Crippen MR) is 85.4 cm³/mol. The monoisotopic (exact) mass is 320 g/mol. The van der Waals surface area contributed by atoms with E-state index in [0.29, 0.717) is 16.3 Å². The zero-order valence-electron chi connectivity index (χ0n) is 12.6. The first kappa shape index (κ1) is 16.1. The summed E-state index contributed by atoms with van der Waals surface area (Å²) in [5.74, 6) is -0.685. The summed E-state index contributed by atoms with van der Waals surface area (Å²) in [6.45, 7) is 3.85. The summed E-state index contributed by atoms with van der Waals surface area (Å²) in [5.41, 5.74) is 3.61. The number of esters is 1. The molecule has 6 heteroatoms. The molecule has 0 radical (unpaired) electrons. The highest BCUT2D eigenvalue weighted by Gasteiger charge is 2.13. The summed E-state index contributed by atoms with van der Waals surface area (Å²) < 4.78 is 4.65. The van der Waals surface area contributed by atoms with Gasteiger partial charge in [-0.2, -0.15) is 0 Å². The van der Waals surface area contributed by atoms with Gasteiger partial charge in [-0.05, 0) is 43.7 Å². The Kier molecular flexibility index (Phi) is 4.88. The minimum Gasteiger partial charge on any atom is -0.465 e. The van der Waals surface area contributed by atoms with Gasteiger partial charge in [0.2, 0.25) is 5.91 Å². The standard InChI is InChI=1S/C16H17ClN2O3/c1-9-6-12(10(2)18-9)8-15(20)19-14-7-11(16(21)22-3)4-5-13(14)17/h4-7,18H,8H2,1-3H3,(H,19,20). The van der Waals surface area contributed by atoms with Crippen molar-refractivity contribution in [2.45, 2.75) is 20.3 Å². The van der Waals surface area contributed by atoms with Crippen molar-refractivity contribution in [3.8, 4) is 0 Å². The van der Waals surface area contributed by atoms with Gasteiger partial charge < -0.3 is 15.0 Å². The number of ether oxygens (including phenoxy) is 1. The highest BCUT2D eigenvalue weighted by molar-refractivity contribution is 6.33. The molecule has 2 N–H and O–H groups in total. The van der Waals surface area contributed by atoms with Crippen molar-refractivity contribution in [2.24, 2.45) is 0 Å². The van der Waals surface area contributed by atoms with Crippen LogP contribution >= 0.6 is 11.6 Å². The molecule has 0 fully saturated rings. The van der Waals surface area contributed by atoms with Crippen LogP contribution in [-0.2, 0) is 16.0 Å². The van der Waals surface area contributed by atoms with Gasteiger partial charge in [-0.3, -0.25) is 4.79 Å². The smallest absolute Gasteiger partial charge is 0.337 e. The van der Waals surface area contributed by atoms with Gasteiger partial charge in [0.25, 0.3) is 0 Å². The van der Waals surface area contributed by atoms with Gasteiger partial charge in [0.15, 0.2) is 0 Å². The molecule has 1 aromatic carbocycles. The summed E-state index contributed by atoms with van der Waals surface area (Å²) >= 11 is 6.05. The molecule has 0 atom stereocenters. The average Bonchev–Trinajstić information content (AvgIpc) is 2.78. The molecule has 0 saturated carbocycles. The van der Waals surface area contributed by atoms with Crippen molar-refractivity contribution in [3.63, 3.8) is 0 Å². The molecular formula is C16H17ClN2O3. The molecule has 0 spiro atoms. The number of aromatic nitrogens is 1. The summed E-state index contributed by atoms with van der Waals surface area (Å²) in [7, 11) is 1.30. The third-order valence-electron chi connectivity index (χ3n) is 3.27. The fourth-order valence-electron chi connectivity index (χ4n) is 2.20. The number of carbonyl (C=O) groups is 2. The first-order valence-electron chi connectivity index (χ1n) is 6.73. The highest BCUT2D eigenvalue weighted by Crippen LogP contribution is 2.24. The molecule has 2 aromatic rings. The van der Waals surface area contributed by atoms with Crippen molar-refractivity contribution >= 4 is 29.2 Å². The predicted octanol–water partition coefficient (Wildman–Crippen LogP) is 3.25. The van der Waals surface area contributed by atoms with E-state index in [2.05, 4.69) is 15.0 Å². The van der Waals surface area contributed by atoms with E-state index in [0.717, 1.165) is 17.0 Å². The number of hydrogen-bond acceptors (Lipinski definition) is 3. The lowest BCUT2D eigenvalue weighted by molar-refractivity contribution is -0.115. The largest absolute Gasteiger partial charge is 0.465 e. The quantitative estimate of drug-likeness (QED) is 0.849. The van der Waals surface area contributed by atoms with E-state index in [9.17, 15) is 9.59 Å². The van der Waals surface area contributed by atoms with Gasteiger partial charge in [0, 0.05) is 11.4 Å². The summed E-state index contributed by atoms with van der Waals surface area (Å²) in [6, 6.07) is 6.53. The summed E-state index contributed by atoms with van der Waals surface area (Å²) in [6.07, 6.45) is 0.231. The molecule has 0 aliphatic rings. The van der Waals surface area contributed by atoms with E-state index < -0.39 is 5.97 Å².